The minimum absolute atomic E-state index is 0.147. The molecule has 0 aliphatic rings. The van der Waals surface area contributed by atoms with Crippen molar-refractivity contribution >= 4 is 20.0 Å². The van der Waals surface area contributed by atoms with Crippen LogP contribution in [0.1, 0.15) is 5.56 Å². The van der Waals surface area contributed by atoms with Gasteiger partial charge >= 0.3 is 0 Å². The van der Waals surface area contributed by atoms with Crippen LogP contribution in [-0.4, -0.2) is 20.5 Å². The second-order valence-corrected chi connectivity index (χ2v) is 9.38. The highest BCUT2D eigenvalue weighted by atomic mass is 32.3. The Morgan fingerprint density at radius 1 is 0.643 bits per heavy atom. The van der Waals surface area contributed by atoms with E-state index in [0.717, 1.165) is 12.1 Å². The molecule has 0 saturated heterocycles. The van der Waals surface area contributed by atoms with Crippen LogP contribution in [0.4, 0.5) is 4.39 Å². The van der Waals surface area contributed by atoms with Crippen molar-refractivity contribution in [1.29, 1.82) is 0 Å². The molecule has 3 aromatic rings. The third-order valence-electron chi connectivity index (χ3n) is 3.65. The number of hydrogen-bond acceptors (Lipinski definition) is 4. The monoisotopic (exact) mass is 415 g/mol. The van der Waals surface area contributed by atoms with Crippen LogP contribution in [0.3, 0.4) is 0 Å². The molecule has 0 N–H and O–H groups in total. The smallest absolute Gasteiger partial charge is 0.207 e. The van der Waals surface area contributed by atoms with E-state index in [9.17, 15) is 21.2 Å². The Hall–Kier alpha value is -3.15. The Balaban J connectivity index is 2.16. The fourth-order valence-corrected chi connectivity index (χ4v) is 5.54. The van der Waals surface area contributed by atoms with E-state index in [1.165, 1.54) is 60.7 Å². The number of nitrogens with zero attached hydrogens (tertiary/aromatic N) is 1. The first-order chi connectivity index (χ1) is 13.3. The highest BCUT2D eigenvalue weighted by Crippen LogP contribution is 2.23. The van der Waals surface area contributed by atoms with Gasteiger partial charge in [-0.15, -0.1) is 3.71 Å². The summed E-state index contributed by atoms with van der Waals surface area (Å²) in [6, 6.07) is 21.4. The van der Waals surface area contributed by atoms with Crippen molar-refractivity contribution in [1.82, 2.24) is 3.71 Å². The van der Waals surface area contributed by atoms with Crippen LogP contribution in [0.5, 0.6) is 0 Å². The molecule has 142 valence electrons. The summed E-state index contributed by atoms with van der Waals surface area (Å²) in [5.41, 5.74) is 0.262. The second kappa shape index (κ2) is 7.84. The Bertz CT molecular complexity index is 1160. The van der Waals surface area contributed by atoms with Gasteiger partial charge in [-0.1, -0.05) is 36.4 Å². The van der Waals surface area contributed by atoms with Crippen molar-refractivity contribution < 1.29 is 21.2 Å². The average Bonchev–Trinajstić information content (AvgIpc) is 2.70. The predicted octanol–water partition coefficient (Wildman–Crippen LogP) is 3.21. The first-order valence-electron chi connectivity index (χ1n) is 8.00. The first kappa shape index (κ1) is 19.6. The molecule has 3 rings (SSSR count). The van der Waals surface area contributed by atoms with Crippen LogP contribution in [0, 0.1) is 17.8 Å². The zero-order valence-electron chi connectivity index (χ0n) is 14.4. The van der Waals surface area contributed by atoms with Gasteiger partial charge in [0, 0.05) is 11.6 Å². The number of sulfonamides is 2. The molecule has 28 heavy (non-hydrogen) atoms. The molecule has 0 atom stereocenters. The largest absolute Gasteiger partial charge is 0.284 e. The Kier molecular flexibility index (Phi) is 5.49. The SMILES string of the molecule is O=S(=O)(c1ccccc1)N(C#Cc1ccc(F)cc1)S(=O)(=O)c1ccccc1. The molecule has 0 fully saturated rings. The summed E-state index contributed by atoms with van der Waals surface area (Å²) in [4.78, 5) is -0.439. The van der Waals surface area contributed by atoms with Crippen molar-refractivity contribution in [3.63, 3.8) is 0 Å². The quantitative estimate of drug-likeness (QED) is 0.485. The fourth-order valence-electron chi connectivity index (χ4n) is 2.27. The minimum atomic E-state index is -4.49. The number of hydrogen-bond donors (Lipinski definition) is 0. The lowest BCUT2D eigenvalue weighted by Crippen LogP contribution is -2.33. The fraction of sp³-hybridized carbons (Fsp3) is 0. The van der Waals surface area contributed by atoms with Gasteiger partial charge in [0.15, 0.2) is 0 Å². The summed E-state index contributed by atoms with van der Waals surface area (Å²) in [7, 11) is -8.98. The molecule has 0 aliphatic carbocycles. The average molecular weight is 415 g/mol. The normalized spacial score (nSPS) is 11.3. The van der Waals surface area contributed by atoms with E-state index in [2.05, 4.69) is 12.0 Å². The molecule has 0 amide bonds. The lowest BCUT2D eigenvalue weighted by molar-refractivity contribution is 0.542. The highest BCUT2D eigenvalue weighted by molar-refractivity contribution is 8.04. The predicted molar refractivity (Wildman–Crippen MR) is 102 cm³/mol. The number of rotatable bonds is 4. The molecule has 0 aliphatic heterocycles. The third kappa shape index (κ3) is 4.06. The molecule has 0 spiro atoms. The molecule has 5 nitrogen and oxygen atoms in total. The maximum atomic E-state index is 13.1. The first-order valence-corrected chi connectivity index (χ1v) is 10.9. The molecule has 0 bridgehead atoms. The molecule has 0 radical (unpaired) electrons. The van der Waals surface area contributed by atoms with Crippen molar-refractivity contribution in [2.75, 3.05) is 0 Å². The standard InChI is InChI=1S/C20H14FNO4S2/c21-18-13-11-17(12-14-18)15-16-22(27(23,24)19-7-3-1-4-8-19)28(25,26)20-9-5-2-6-10-20/h1-14H. The lowest BCUT2D eigenvalue weighted by Gasteiger charge is -2.18. The molecular weight excluding hydrogens is 401 g/mol. The maximum Gasteiger partial charge on any atom is 0.284 e. The molecule has 0 heterocycles. The third-order valence-corrected chi connectivity index (χ3v) is 7.62. The molecular formula is C20H14FNO4S2. The molecule has 8 heteroatoms. The van der Waals surface area contributed by atoms with Crippen LogP contribution in [0.15, 0.2) is 94.7 Å². The Labute approximate surface area is 163 Å². The van der Waals surface area contributed by atoms with Gasteiger partial charge in [-0.3, -0.25) is 0 Å². The zero-order chi connectivity index (χ0) is 20.2. The number of benzene rings is 3. The van der Waals surface area contributed by atoms with Gasteiger partial charge in [-0.25, -0.2) is 4.39 Å². The van der Waals surface area contributed by atoms with E-state index in [4.69, 9.17) is 0 Å². The summed E-state index contributed by atoms with van der Waals surface area (Å²) >= 11 is 0. The lowest BCUT2D eigenvalue weighted by atomic mass is 10.2. The molecule has 3 aromatic carbocycles. The number of halogens is 1. The van der Waals surface area contributed by atoms with Crippen molar-refractivity contribution in [2.24, 2.45) is 0 Å². The van der Waals surface area contributed by atoms with E-state index in [1.807, 2.05) is 0 Å². The van der Waals surface area contributed by atoms with E-state index in [1.54, 1.807) is 12.1 Å². The van der Waals surface area contributed by atoms with Crippen LogP contribution in [-0.2, 0) is 20.0 Å². The summed E-state index contributed by atoms with van der Waals surface area (Å²) in [5.74, 6) is 1.99. The summed E-state index contributed by atoms with van der Waals surface area (Å²) < 4.78 is 65.3. The van der Waals surface area contributed by atoms with Crippen LogP contribution in [0.2, 0.25) is 0 Å². The van der Waals surface area contributed by atoms with Gasteiger partial charge in [0.1, 0.15) is 5.82 Å². The summed E-state index contributed by atoms with van der Waals surface area (Å²) in [6.45, 7) is 0. The van der Waals surface area contributed by atoms with Gasteiger partial charge < -0.3 is 0 Å². The Morgan fingerprint density at radius 2 is 1.07 bits per heavy atom. The van der Waals surface area contributed by atoms with Crippen molar-refractivity contribution in [3.8, 4) is 12.0 Å². The zero-order valence-corrected chi connectivity index (χ0v) is 16.0. The van der Waals surface area contributed by atoms with E-state index in [0.29, 0.717) is 0 Å². The Morgan fingerprint density at radius 3 is 1.50 bits per heavy atom. The topological polar surface area (TPSA) is 71.5 Å². The molecule has 0 aromatic heterocycles. The van der Waals surface area contributed by atoms with Gasteiger partial charge in [0.05, 0.1) is 9.79 Å². The van der Waals surface area contributed by atoms with Crippen LogP contribution >= 0.6 is 0 Å². The van der Waals surface area contributed by atoms with E-state index < -0.39 is 25.9 Å². The van der Waals surface area contributed by atoms with Crippen molar-refractivity contribution in [2.45, 2.75) is 9.79 Å². The molecule has 0 saturated carbocycles. The second-order valence-electron chi connectivity index (χ2n) is 5.58. The van der Waals surface area contributed by atoms with E-state index in [-0.39, 0.29) is 19.1 Å². The van der Waals surface area contributed by atoms with E-state index >= 15 is 0 Å². The maximum absolute atomic E-state index is 13.1. The summed E-state index contributed by atoms with van der Waals surface area (Å²) in [6.07, 6.45) is 0. The van der Waals surface area contributed by atoms with Crippen molar-refractivity contribution in [3.05, 3.63) is 96.3 Å². The van der Waals surface area contributed by atoms with Crippen LogP contribution < -0.4 is 0 Å². The highest BCUT2D eigenvalue weighted by Gasteiger charge is 2.34. The minimum Gasteiger partial charge on any atom is -0.207 e. The van der Waals surface area contributed by atoms with Gasteiger partial charge in [0.25, 0.3) is 20.0 Å². The molecule has 0 unspecified atom stereocenters. The van der Waals surface area contributed by atoms with Gasteiger partial charge in [0.2, 0.25) is 0 Å². The summed E-state index contributed by atoms with van der Waals surface area (Å²) in [5, 5.41) is 0. The van der Waals surface area contributed by atoms with Crippen LogP contribution in [0.25, 0.3) is 0 Å². The van der Waals surface area contributed by atoms with Gasteiger partial charge in [-0.05, 0) is 54.5 Å². The van der Waals surface area contributed by atoms with Gasteiger partial charge in [-0.2, -0.15) is 16.8 Å².